The Morgan fingerprint density at radius 2 is 2.23 bits per heavy atom. The van der Waals surface area contributed by atoms with Gasteiger partial charge in [0.15, 0.2) is 0 Å². The van der Waals surface area contributed by atoms with Gasteiger partial charge in [0.25, 0.3) is 0 Å². The summed E-state index contributed by atoms with van der Waals surface area (Å²) in [4.78, 5) is 0. The van der Waals surface area contributed by atoms with Crippen molar-refractivity contribution >= 4 is 17.6 Å². The van der Waals surface area contributed by atoms with Crippen LogP contribution in [0.3, 0.4) is 0 Å². The molecule has 1 aromatic rings. The predicted octanol–water partition coefficient (Wildman–Crippen LogP) is 2.00. The average Bonchev–Trinajstić information content (AvgIpc) is 2.33. The molecule has 2 N–H and O–H groups in total. The van der Waals surface area contributed by atoms with Crippen molar-refractivity contribution in [3.8, 4) is 0 Å². The third-order valence-corrected chi connectivity index (χ3v) is 2.77. The molecule has 0 atom stereocenters. The summed E-state index contributed by atoms with van der Waals surface area (Å²) in [5.41, 5.74) is 5.50. The van der Waals surface area contributed by atoms with Crippen molar-refractivity contribution < 1.29 is 0 Å². The molecule has 0 fully saturated rings. The SMILES string of the molecule is CC(C)(C)SCCn1ccc(N)n1. The van der Waals surface area contributed by atoms with Crippen LogP contribution >= 0.6 is 11.8 Å². The molecule has 0 aromatic carbocycles. The van der Waals surface area contributed by atoms with Gasteiger partial charge in [-0.1, -0.05) is 20.8 Å². The second-order valence-corrected chi connectivity index (χ2v) is 5.89. The number of rotatable bonds is 3. The van der Waals surface area contributed by atoms with Gasteiger partial charge in [0.05, 0.1) is 6.54 Å². The van der Waals surface area contributed by atoms with E-state index in [1.807, 2.05) is 28.7 Å². The van der Waals surface area contributed by atoms with Crippen LogP contribution in [0.1, 0.15) is 20.8 Å². The summed E-state index contributed by atoms with van der Waals surface area (Å²) in [6, 6.07) is 1.82. The number of thioether (sulfide) groups is 1. The van der Waals surface area contributed by atoms with Gasteiger partial charge in [0.1, 0.15) is 5.82 Å². The van der Waals surface area contributed by atoms with E-state index in [-0.39, 0.29) is 0 Å². The van der Waals surface area contributed by atoms with E-state index < -0.39 is 0 Å². The zero-order valence-corrected chi connectivity index (χ0v) is 9.27. The fourth-order valence-electron chi connectivity index (χ4n) is 0.947. The molecular weight excluding hydrogens is 182 g/mol. The first-order chi connectivity index (χ1) is 5.97. The molecule has 3 nitrogen and oxygen atoms in total. The van der Waals surface area contributed by atoms with E-state index >= 15 is 0 Å². The van der Waals surface area contributed by atoms with Crippen LogP contribution in [0.25, 0.3) is 0 Å². The van der Waals surface area contributed by atoms with Gasteiger partial charge in [-0.25, -0.2) is 0 Å². The molecule has 1 heterocycles. The van der Waals surface area contributed by atoms with Crippen molar-refractivity contribution in [1.82, 2.24) is 9.78 Å². The molecule has 0 unspecified atom stereocenters. The molecule has 0 aliphatic heterocycles. The smallest absolute Gasteiger partial charge is 0.145 e. The maximum atomic E-state index is 5.50. The van der Waals surface area contributed by atoms with Crippen LogP contribution in [-0.2, 0) is 6.54 Å². The zero-order valence-electron chi connectivity index (χ0n) is 8.45. The number of hydrogen-bond donors (Lipinski definition) is 1. The minimum Gasteiger partial charge on any atom is -0.382 e. The minimum absolute atomic E-state index is 0.332. The third kappa shape index (κ3) is 4.22. The molecule has 0 spiro atoms. The van der Waals surface area contributed by atoms with E-state index in [1.165, 1.54) is 0 Å². The molecule has 0 saturated heterocycles. The average molecular weight is 199 g/mol. The topological polar surface area (TPSA) is 43.8 Å². The highest BCUT2D eigenvalue weighted by Crippen LogP contribution is 2.22. The van der Waals surface area contributed by atoms with Gasteiger partial charge < -0.3 is 5.73 Å². The highest BCUT2D eigenvalue weighted by atomic mass is 32.2. The molecule has 0 aliphatic rings. The molecule has 1 aromatic heterocycles. The Bertz CT molecular complexity index is 262. The number of nitrogen functional groups attached to an aromatic ring is 1. The third-order valence-electron chi connectivity index (χ3n) is 1.52. The van der Waals surface area contributed by atoms with E-state index in [1.54, 1.807) is 0 Å². The van der Waals surface area contributed by atoms with Crippen LogP contribution in [0, 0.1) is 0 Å². The van der Waals surface area contributed by atoms with Crippen LogP contribution in [0.2, 0.25) is 0 Å². The Kier molecular flexibility index (Phi) is 3.25. The summed E-state index contributed by atoms with van der Waals surface area (Å²) in [6.07, 6.45) is 1.92. The lowest BCUT2D eigenvalue weighted by atomic mass is 10.3. The molecular formula is C9H17N3S. The van der Waals surface area contributed by atoms with Crippen LogP contribution in [-0.4, -0.2) is 20.3 Å². The first-order valence-electron chi connectivity index (χ1n) is 4.40. The highest BCUT2D eigenvalue weighted by Gasteiger charge is 2.09. The highest BCUT2D eigenvalue weighted by molar-refractivity contribution is 8.00. The van der Waals surface area contributed by atoms with Crippen molar-refractivity contribution in [2.75, 3.05) is 11.5 Å². The van der Waals surface area contributed by atoms with Crippen molar-refractivity contribution in [1.29, 1.82) is 0 Å². The lowest BCUT2D eigenvalue weighted by Crippen LogP contribution is -2.11. The number of nitrogens with two attached hydrogens (primary N) is 1. The van der Waals surface area contributed by atoms with E-state index in [2.05, 4.69) is 25.9 Å². The summed E-state index contributed by atoms with van der Waals surface area (Å²) < 4.78 is 2.22. The number of nitrogens with zero attached hydrogens (tertiary/aromatic N) is 2. The van der Waals surface area contributed by atoms with Gasteiger partial charge in [-0.15, -0.1) is 0 Å². The summed E-state index contributed by atoms with van der Waals surface area (Å²) in [5.74, 6) is 1.67. The molecule has 74 valence electrons. The minimum atomic E-state index is 0.332. The van der Waals surface area contributed by atoms with Gasteiger partial charge in [-0.05, 0) is 6.07 Å². The Labute approximate surface area is 83.7 Å². The van der Waals surface area contributed by atoms with E-state index in [4.69, 9.17) is 5.73 Å². The summed E-state index contributed by atoms with van der Waals surface area (Å²) >= 11 is 1.94. The molecule has 0 radical (unpaired) electrons. The normalized spacial score (nSPS) is 11.9. The second kappa shape index (κ2) is 4.05. The zero-order chi connectivity index (χ0) is 9.90. The molecule has 0 saturated carbocycles. The summed E-state index contributed by atoms with van der Waals surface area (Å²) in [7, 11) is 0. The second-order valence-electron chi connectivity index (χ2n) is 3.96. The van der Waals surface area contributed by atoms with Crippen molar-refractivity contribution in [2.24, 2.45) is 0 Å². The quantitative estimate of drug-likeness (QED) is 0.809. The van der Waals surface area contributed by atoms with E-state index in [0.717, 1.165) is 12.3 Å². The first kappa shape index (κ1) is 10.4. The number of anilines is 1. The molecule has 4 heteroatoms. The molecule has 1 rings (SSSR count). The number of hydrogen-bond acceptors (Lipinski definition) is 3. The van der Waals surface area contributed by atoms with Crippen LogP contribution in [0.5, 0.6) is 0 Å². The first-order valence-corrected chi connectivity index (χ1v) is 5.39. The maximum absolute atomic E-state index is 5.50. The lowest BCUT2D eigenvalue weighted by molar-refractivity contribution is 0.665. The molecule has 0 bridgehead atoms. The molecule has 13 heavy (non-hydrogen) atoms. The van der Waals surface area contributed by atoms with E-state index in [9.17, 15) is 0 Å². The predicted molar refractivity (Wildman–Crippen MR) is 58.9 cm³/mol. The Morgan fingerprint density at radius 3 is 2.69 bits per heavy atom. The summed E-state index contributed by atoms with van der Waals surface area (Å²) in [6.45, 7) is 7.58. The van der Waals surface area contributed by atoms with Gasteiger partial charge >= 0.3 is 0 Å². The number of aromatic nitrogens is 2. The maximum Gasteiger partial charge on any atom is 0.145 e. The Morgan fingerprint density at radius 1 is 1.54 bits per heavy atom. The van der Waals surface area contributed by atoms with Crippen molar-refractivity contribution in [3.05, 3.63) is 12.3 Å². The van der Waals surface area contributed by atoms with E-state index in [0.29, 0.717) is 10.6 Å². The lowest BCUT2D eigenvalue weighted by Gasteiger charge is -2.17. The fourth-order valence-corrected chi connectivity index (χ4v) is 1.84. The molecule has 0 aliphatic carbocycles. The van der Waals surface area contributed by atoms with Gasteiger partial charge in [-0.2, -0.15) is 16.9 Å². The standard InChI is InChI=1S/C9H17N3S/c1-9(2,3)13-7-6-12-5-4-8(10)11-12/h4-5H,6-7H2,1-3H3,(H2,10,11). The van der Waals surface area contributed by atoms with Gasteiger partial charge in [0.2, 0.25) is 0 Å². The monoisotopic (exact) mass is 199 g/mol. The van der Waals surface area contributed by atoms with Crippen LogP contribution in [0.15, 0.2) is 12.3 Å². The Hall–Kier alpha value is -0.640. The van der Waals surface area contributed by atoms with Crippen molar-refractivity contribution in [3.63, 3.8) is 0 Å². The fraction of sp³-hybridized carbons (Fsp3) is 0.667. The van der Waals surface area contributed by atoms with Crippen molar-refractivity contribution in [2.45, 2.75) is 32.1 Å². The summed E-state index contributed by atoms with van der Waals surface area (Å²) in [5, 5.41) is 4.11. The number of aryl methyl sites for hydroxylation is 1. The van der Waals surface area contributed by atoms with Gasteiger partial charge in [-0.3, -0.25) is 4.68 Å². The molecule has 0 amide bonds. The van der Waals surface area contributed by atoms with Crippen LogP contribution < -0.4 is 5.73 Å². The largest absolute Gasteiger partial charge is 0.382 e. The van der Waals surface area contributed by atoms with Crippen LogP contribution in [0.4, 0.5) is 5.82 Å². The Balaban J connectivity index is 2.28. The van der Waals surface area contributed by atoms with Gasteiger partial charge in [0, 0.05) is 16.7 Å².